The Morgan fingerprint density at radius 2 is 1.93 bits per heavy atom. The number of aromatic nitrogens is 1. The first-order valence-electron chi connectivity index (χ1n) is 9.15. The van der Waals surface area contributed by atoms with Gasteiger partial charge in [0, 0.05) is 24.2 Å². The average Bonchev–Trinajstić information content (AvgIpc) is 3.03. The van der Waals surface area contributed by atoms with Gasteiger partial charge < -0.3 is 15.0 Å². The van der Waals surface area contributed by atoms with Crippen molar-refractivity contribution < 1.29 is 14.7 Å². The summed E-state index contributed by atoms with van der Waals surface area (Å²) in [5.41, 5.74) is 1.16. The molecule has 1 aromatic heterocycles. The zero-order chi connectivity index (χ0) is 20.7. The number of anilines is 1. The predicted octanol–water partition coefficient (Wildman–Crippen LogP) is 3.71. The lowest BCUT2D eigenvalue weighted by molar-refractivity contribution is -0.137. The van der Waals surface area contributed by atoms with Crippen molar-refractivity contribution in [2.24, 2.45) is 0 Å². The molecule has 0 spiro atoms. The molecule has 0 aliphatic rings. The Balaban J connectivity index is 2.11. The van der Waals surface area contributed by atoms with Crippen LogP contribution in [0.1, 0.15) is 44.7 Å². The number of nitriles is 1. The largest absolute Gasteiger partial charge is 0.481 e. The highest BCUT2D eigenvalue weighted by atomic mass is 16.4. The summed E-state index contributed by atoms with van der Waals surface area (Å²) in [6, 6.07) is 12.5. The molecular formula is C21H26N4O3. The molecule has 1 aromatic carbocycles. The number of carboxylic acid groups (broad SMARTS) is 1. The number of hydrogen-bond donors (Lipinski definition) is 3. The topological polar surface area (TPSA) is 107 Å². The van der Waals surface area contributed by atoms with Gasteiger partial charge in [-0.15, -0.1) is 0 Å². The number of urea groups is 1. The lowest BCUT2D eigenvalue weighted by Crippen LogP contribution is -2.40. The molecule has 2 aromatic rings. The van der Waals surface area contributed by atoms with Crippen LogP contribution in [-0.4, -0.2) is 27.7 Å². The number of amides is 2. The summed E-state index contributed by atoms with van der Waals surface area (Å²) in [5, 5.41) is 23.8. The van der Waals surface area contributed by atoms with Crippen molar-refractivity contribution in [3.8, 4) is 6.07 Å². The van der Waals surface area contributed by atoms with Crippen LogP contribution in [0.15, 0.2) is 42.6 Å². The molecule has 148 valence electrons. The Morgan fingerprint density at radius 1 is 1.25 bits per heavy atom. The van der Waals surface area contributed by atoms with E-state index in [-0.39, 0.29) is 18.0 Å². The van der Waals surface area contributed by atoms with Crippen LogP contribution in [0, 0.1) is 11.3 Å². The van der Waals surface area contributed by atoms with Crippen LogP contribution in [0.2, 0.25) is 0 Å². The van der Waals surface area contributed by atoms with E-state index in [1.54, 1.807) is 12.3 Å². The number of nitrogens with zero attached hydrogens (tertiary/aromatic N) is 2. The molecule has 28 heavy (non-hydrogen) atoms. The van der Waals surface area contributed by atoms with Crippen molar-refractivity contribution in [2.45, 2.75) is 51.6 Å². The number of carboxylic acids is 1. The molecule has 0 fully saturated rings. The quantitative estimate of drug-likeness (QED) is 0.678. The zero-order valence-corrected chi connectivity index (χ0v) is 16.4. The minimum Gasteiger partial charge on any atom is -0.481 e. The van der Waals surface area contributed by atoms with Crippen molar-refractivity contribution in [3.05, 3.63) is 53.7 Å². The van der Waals surface area contributed by atoms with Crippen molar-refractivity contribution in [3.63, 3.8) is 0 Å². The van der Waals surface area contributed by atoms with Gasteiger partial charge in [0.05, 0.1) is 5.56 Å². The highest BCUT2D eigenvalue weighted by Gasteiger charge is 2.20. The molecule has 2 amide bonds. The number of hydrogen-bond acceptors (Lipinski definition) is 3. The van der Waals surface area contributed by atoms with Gasteiger partial charge in [0.1, 0.15) is 11.9 Å². The van der Waals surface area contributed by atoms with E-state index in [2.05, 4.69) is 16.7 Å². The molecule has 1 unspecified atom stereocenters. The number of benzene rings is 1. The summed E-state index contributed by atoms with van der Waals surface area (Å²) >= 11 is 0. The summed E-state index contributed by atoms with van der Waals surface area (Å²) in [5.74, 6) is -0.390. The first-order valence-corrected chi connectivity index (χ1v) is 9.15. The first kappa shape index (κ1) is 21.0. The SMILES string of the molecule is CC(C)(C)n1cc(C#N)cc1NC(=O)NC(CCC(=O)O)Cc1ccccc1. The van der Waals surface area contributed by atoms with Crippen LogP contribution in [0.5, 0.6) is 0 Å². The van der Waals surface area contributed by atoms with Crippen LogP contribution in [0.3, 0.4) is 0 Å². The smallest absolute Gasteiger partial charge is 0.320 e. The van der Waals surface area contributed by atoms with Crippen molar-refractivity contribution in [1.29, 1.82) is 5.26 Å². The Bertz CT molecular complexity index is 860. The summed E-state index contributed by atoms with van der Waals surface area (Å²) in [4.78, 5) is 23.5. The van der Waals surface area contributed by atoms with Crippen LogP contribution in [-0.2, 0) is 16.8 Å². The normalized spacial score (nSPS) is 12.1. The molecular weight excluding hydrogens is 356 g/mol. The predicted molar refractivity (Wildman–Crippen MR) is 107 cm³/mol. The molecule has 0 saturated heterocycles. The fraction of sp³-hybridized carbons (Fsp3) is 0.381. The van der Waals surface area contributed by atoms with E-state index in [0.717, 1.165) is 5.56 Å². The monoisotopic (exact) mass is 382 g/mol. The Kier molecular flexibility index (Phi) is 6.83. The Morgan fingerprint density at radius 3 is 2.50 bits per heavy atom. The molecule has 7 nitrogen and oxygen atoms in total. The van der Waals surface area contributed by atoms with Crippen molar-refractivity contribution >= 4 is 17.8 Å². The standard InChI is InChI=1S/C21H26N4O3/c1-21(2,3)25-14-16(13-22)12-18(25)24-20(28)23-17(9-10-19(26)27)11-15-7-5-4-6-8-15/h4-8,12,14,17H,9-11H2,1-3H3,(H,26,27)(H2,23,24,28). The minimum absolute atomic E-state index is 0.0330. The van der Waals surface area contributed by atoms with E-state index in [0.29, 0.717) is 24.2 Å². The van der Waals surface area contributed by atoms with E-state index in [4.69, 9.17) is 10.4 Å². The molecule has 0 aliphatic carbocycles. The third-order valence-electron chi connectivity index (χ3n) is 4.28. The van der Waals surface area contributed by atoms with Crippen LogP contribution in [0.4, 0.5) is 10.6 Å². The fourth-order valence-corrected chi connectivity index (χ4v) is 2.93. The van der Waals surface area contributed by atoms with Gasteiger partial charge >= 0.3 is 12.0 Å². The summed E-state index contributed by atoms with van der Waals surface area (Å²) in [6.45, 7) is 5.92. The Labute approximate surface area is 165 Å². The van der Waals surface area contributed by atoms with Crippen LogP contribution < -0.4 is 10.6 Å². The lowest BCUT2D eigenvalue weighted by Gasteiger charge is -2.25. The van der Waals surface area contributed by atoms with E-state index < -0.39 is 12.0 Å². The molecule has 0 aliphatic heterocycles. The molecule has 2 rings (SSSR count). The molecule has 1 heterocycles. The van der Waals surface area contributed by atoms with E-state index in [1.165, 1.54) is 0 Å². The molecule has 0 bridgehead atoms. The Hall–Kier alpha value is -3.27. The van der Waals surface area contributed by atoms with E-state index in [9.17, 15) is 9.59 Å². The number of aliphatic carboxylic acids is 1. The molecule has 1 atom stereocenters. The molecule has 0 saturated carbocycles. The highest BCUT2D eigenvalue weighted by molar-refractivity contribution is 5.89. The van der Waals surface area contributed by atoms with E-state index in [1.807, 2.05) is 55.7 Å². The number of carbonyl (C=O) groups excluding carboxylic acids is 1. The highest BCUT2D eigenvalue weighted by Crippen LogP contribution is 2.24. The second-order valence-electron chi connectivity index (χ2n) is 7.68. The second kappa shape index (κ2) is 9.09. The summed E-state index contributed by atoms with van der Waals surface area (Å²) in [7, 11) is 0. The maximum Gasteiger partial charge on any atom is 0.320 e. The van der Waals surface area contributed by atoms with Gasteiger partial charge in [-0.25, -0.2) is 4.79 Å². The molecule has 7 heteroatoms. The van der Waals surface area contributed by atoms with Gasteiger partial charge in [0.2, 0.25) is 0 Å². The van der Waals surface area contributed by atoms with Crippen molar-refractivity contribution in [2.75, 3.05) is 5.32 Å². The molecule has 3 N–H and O–H groups in total. The summed E-state index contributed by atoms with van der Waals surface area (Å²) in [6.07, 6.45) is 2.52. The third kappa shape index (κ3) is 6.16. The number of rotatable bonds is 7. The lowest BCUT2D eigenvalue weighted by atomic mass is 10.0. The van der Waals surface area contributed by atoms with Gasteiger partial charge in [-0.3, -0.25) is 10.1 Å². The van der Waals surface area contributed by atoms with Crippen LogP contribution >= 0.6 is 0 Å². The fourth-order valence-electron chi connectivity index (χ4n) is 2.93. The van der Waals surface area contributed by atoms with Gasteiger partial charge in [-0.05, 0) is 45.2 Å². The minimum atomic E-state index is -0.902. The van der Waals surface area contributed by atoms with Crippen molar-refractivity contribution in [1.82, 2.24) is 9.88 Å². The number of nitrogens with one attached hydrogen (secondary N) is 2. The van der Waals surface area contributed by atoms with Gasteiger partial charge in [0.15, 0.2) is 0 Å². The molecule has 0 radical (unpaired) electrons. The first-order chi connectivity index (χ1) is 13.2. The zero-order valence-electron chi connectivity index (χ0n) is 16.4. The van der Waals surface area contributed by atoms with Gasteiger partial charge in [-0.2, -0.15) is 5.26 Å². The maximum absolute atomic E-state index is 12.6. The maximum atomic E-state index is 12.6. The number of carbonyl (C=O) groups is 2. The summed E-state index contributed by atoms with van der Waals surface area (Å²) < 4.78 is 1.83. The van der Waals surface area contributed by atoms with Crippen LogP contribution in [0.25, 0.3) is 0 Å². The second-order valence-corrected chi connectivity index (χ2v) is 7.68. The van der Waals surface area contributed by atoms with E-state index >= 15 is 0 Å². The average molecular weight is 382 g/mol. The van der Waals surface area contributed by atoms with Gasteiger partial charge in [-0.1, -0.05) is 30.3 Å². The van der Waals surface area contributed by atoms with Gasteiger partial charge in [0.25, 0.3) is 0 Å². The third-order valence-corrected chi connectivity index (χ3v) is 4.28.